The molecule has 4 heteroatoms. The van der Waals surface area contributed by atoms with E-state index in [0.717, 1.165) is 5.56 Å². The summed E-state index contributed by atoms with van der Waals surface area (Å²) in [6.45, 7) is 6.09. The lowest BCUT2D eigenvalue weighted by Gasteiger charge is -2.42. The molecule has 1 N–H and O–H groups in total. The minimum atomic E-state index is -0.346. The standard InChI is InChI=1S/C16H20ClNO2/c1-10(2)14-15(20)18-13(19)9-16(14,3)8-11-4-6-12(17)7-5-11/h4-7,10,14H,8-9H2,1-3H3,(H,18,19,20). The molecule has 0 bridgehead atoms. The summed E-state index contributed by atoms with van der Waals surface area (Å²) in [5.41, 5.74) is 0.756. The van der Waals surface area contributed by atoms with Crippen molar-refractivity contribution in [2.45, 2.75) is 33.6 Å². The molecular formula is C16H20ClNO2. The lowest BCUT2D eigenvalue weighted by Crippen LogP contribution is -2.53. The minimum Gasteiger partial charge on any atom is -0.296 e. The number of carbonyl (C=O) groups excluding carboxylic acids is 2. The van der Waals surface area contributed by atoms with Gasteiger partial charge in [-0.2, -0.15) is 0 Å². The molecule has 0 saturated carbocycles. The molecule has 1 aromatic carbocycles. The van der Waals surface area contributed by atoms with Gasteiger partial charge in [-0.15, -0.1) is 0 Å². The minimum absolute atomic E-state index is 0.146. The molecule has 1 heterocycles. The van der Waals surface area contributed by atoms with Gasteiger partial charge in [0.25, 0.3) is 0 Å². The largest absolute Gasteiger partial charge is 0.296 e. The summed E-state index contributed by atoms with van der Waals surface area (Å²) in [7, 11) is 0. The van der Waals surface area contributed by atoms with Crippen molar-refractivity contribution >= 4 is 23.4 Å². The van der Waals surface area contributed by atoms with E-state index in [-0.39, 0.29) is 29.1 Å². The van der Waals surface area contributed by atoms with Crippen LogP contribution in [0.2, 0.25) is 5.02 Å². The molecule has 1 aliphatic heterocycles. The second-order valence-corrected chi connectivity index (χ2v) is 6.70. The molecule has 0 spiro atoms. The van der Waals surface area contributed by atoms with Crippen molar-refractivity contribution in [2.24, 2.45) is 17.3 Å². The zero-order valence-electron chi connectivity index (χ0n) is 12.1. The van der Waals surface area contributed by atoms with Gasteiger partial charge in [-0.25, -0.2) is 0 Å². The highest BCUT2D eigenvalue weighted by atomic mass is 35.5. The van der Waals surface area contributed by atoms with Crippen LogP contribution in [0.1, 0.15) is 32.8 Å². The van der Waals surface area contributed by atoms with Crippen LogP contribution in [0.4, 0.5) is 0 Å². The quantitative estimate of drug-likeness (QED) is 0.870. The predicted molar refractivity (Wildman–Crippen MR) is 79.4 cm³/mol. The molecule has 2 rings (SSSR count). The summed E-state index contributed by atoms with van der Waals surface area (Å²) < 4.78 is 0. The second kappa shape index (κ2) is 5.57. The number of benzene rings is 1. The molecule has 0 radical (unpaired) electrons. The number of amides is 2. The zero-order valence-corrected chi connectivity index (χ0v) is 12.8. The number of halogens is 1. The molecule has 0 aromatic heterocycles. The molecule has 1 saturated heterocycles. The van der Waals surface area contributed by atoms with Gasteiger partial charge in [0.2, 0.25) is 11.8 Å². The maximum atomic E-state index is 12.2. The monoisotopic (exact) mass is 293 g/mol. The Labute approximate surface area is 124 Å². The molecule has 108 valence electrons. The second-order valence-electron chi connectivity index (χ2n) is 6.27. The number of imide groups is 1. The summed E-state index contributed by atoms with van der Waals surface area (Å²) in [5, 5.41) is 3.15. The van der Waals surface area contributed by atoms with E-state index in [9.17, 15) is 9.59 Å². The van der Waals surface area contributed by atoms with E-state index in [2.05, 4.69) is 5.32 Å². The molecular weight excluding hydrogens is 274 g/mol. The first-order valence-corrected chi connectivity index (χ1v) is 7.28. The van der Waals surface area contributed by atoms with Gasteiger partial charge in [0.15, 0.2) is 0 Å². The first-order valence-electron chi connectivity index (χ1n) is 6.90. The number of piperidine rings is 1. The van der Waals surface area contributed by atoms with Gasteiger partial charge < -0.3 is 0 Å². The number of hydrogen-bond donors (Lipinski definition) is 1. The third-order valence-electron chi connectivity index (χ3n) is 4.05. The summed E-state index contributed by atoms with van der Waals surface area (Å²) >= 11 is 5.90. The van der Waals surface area contributed by atoms with Crippen molar-refractivity contribution in [3.63, 3.8) is 0 Å². The van der Waals surface area contributed by atoms with Crippen LogP contribution in [-0.2, 0) is 16.0 Å². The molecule has 3 nitrogen and oxygen atoms in total. The normalized spacial score (nSPS) is 26.8. The van der Waals surface area contributed by atoms with E-state index >= 15 is 0 Å². The van der Waals surface area contributed by atoms with Crippen LogP contribution < -0.4 is 5.32 Å². The fourth-order valence-corrected chi connectivity index (χ4v) is 3.53. The van der Waals surface area contributed by atoms with Crippen molar-refractivity contribution in [2.75, 3.05) is 0 Å². The van der Waals surface area contributed by atoms with Crippen molar-refractivity contribution in [3.05, 3.63) is 34.9 Å². The maximum absolute atomic E-state index is 12.2. The molecule has 2 amide bonds. The first-order chi connectivity index (χ1) is 9.32. The van der Waals surface area contributed by atoms with Crippen molar-refractivity contribution in [1.82, 2.24) is 5.32 Å². The van der Waals surface area contributed by atoms with Crippen molar-refractivity contribution in [1.29, 1.82) is 0 Å². The van der Waals surface area contributed by atoms with Crippen LogP contribution in [0.25, 0.3) is 0 Å². The zero-order chi connectivity index (χ0) is 14.9. The Morgan fingerprint density at radius 1 is 1.30 bits per heavy atom. The van der Waals surface area contributed by atoms with E-state index in [1.807, 2.05) is 45.0 Å². The van der Waals surface area contributed by atoms with Crippen LogP contribution >= 0.6 is 11.6 Å². The number of rotatable bonds is 3. The van der Waals surface area contributed by atoms with Crippen LogP contribution in [-0.4, -0.2) is 11.8 Å². The van der Waals surface area contributed by atoms with Gasteiger partial charge in [0.1, 0.15) is 0 Å². The third kappa shape index (κ3) is 3.04. The van der Waals surface area contributed by atoms with Crippen molar-refractivity contribution in [3.8, 4) is 0 Å². The molecule has 20 heavy (non-hydrogen) atoms. The highest BCUT2D eigenvalue weighted by Crippen LogP contribution is 2.41. The Balaban J connectivity index is 2.30. The van der Waals surface area contributed by atoms with Crippen LogP contribution in [0.5, 0.6) is 0 Å². The molecule has 0 aliphatic carbocycles. The lowest BCUT2D eigenvalue weighted by molar-refractivity contribution is -0.145. The highest BCUT2D eigenvalue weighted by Gasteiger charge is 2.46. The molecule has 1 aliphatic rings. The van der Waals surface area contributed by atoms with E-state index in [4.69, 9.17) is 11.6 Å². The summed E-state index contributed by atoms with van der Waals surface area (Å²) in [5.74, 6) is -0.285. The van der Waals surface area contributed by atoms with E-state index < -0.39 is 0 Å². The third-order valence-corrected chi connectivity index (χ3v) is 4.30. The molecule has 1 aromatic rings. The lowest BCUT2D eigenvalue weighted by atomic mass is 9.64. The topological polar surface area (TPSA) is 46.2 Å². The SMILES string of the molecule is CC(C)C1C(=O)NC(=O)CC1(C)Cc1ccc(Cl)cc1. The average molecular weight is 294 g/mol. The Morgan fingerprint density at radius 3 is 2.45 bits per heavy atom. The van der Waals surface area contributed by atoms with E-state index in [1.54, 1.807) is 0 Å². The number of carbonyl (C=O) groups is 2. The van der Waals surface area contributed by atoms with E-state index in [0.29, 0.717) is 17.9 Å². The predicted octanol–water partition coefficient (Wildman–Crippen LogP) is 3.21. The van der Waals surface area contributed by atoms with Gasteiger partial charge in [0, 0.05) is 17.4 Å². The smallest absolute Gasteiger partial charge is 0.230 e. The fourth-order valence-electron chi connectivity index (χ4n) is 3.40. The van der Waals surface area contributed by atoms with Crippen LogP contribution in [0, 0.1) is 17.3 Å². The Morgan fingerprint density at radius 2 is 1.90 bits per heavy atom. The van der Waals surface area contributed by atoms with Gasteiger partial charge >= 0.3 is 0 Å². The molecule has 2 atom stereocenters. The van der Waals surface area contributed by atoms with Gasteiger partial charge in [-0.3, -0.25) is 14.9 Å². The number of hydrogen-bond acceptors (Lipinski definition) is 2. The van der Waals surface area contributed by atoms with Crippen LogP contribution in [0.3, 0.4) is 0 Å². The highest BCUT2D eigenvalue weighted by molar-refractivity contribution is 6.30. The first kappa shape index (κ1) is 15.0. The van der Waals surface area contributed by atoms with Gasteiger partial charge in [-0.05, 0) is 35.4 Å². The van der Waals surface area contributed by atoms with Crippen molar-refractivity contribution < 1.29 is 9.59 Å². The summed E-state index contributed by atoms with van der Waals surface area (Å²) in [6.07, 6.45) is 1.08. The fraction of sp³-hybridized carbons (Fsp3) is 0.500. The maximum Gasteiger partial charge on any atom is 0.230 e. The number of nitrogens with one attached hydrogen (secondary N) is 1. The van der Waals surface area contributed by atoms with Gasteiger partial charge in [-0.1, -0.05) is 44.5 Å². The average Bonchev–Trinajstić information content (AvgIpc) is 2.29. The molecule has 1 fully saturated rings. The Hall–Kier alpha value is -1.35. The summed E-state index contributed by atoms with van der Waals surface area (Å²) in [4.78, 5) is 23.9. The van der Waals surface area contributed by atoms with E-state index in [1.165, 1.54) is 0 Å². The Bertz CT molecular complexity index is 524. The molecule has 2 unspecified atom stereocenters. The Kier molecular flexibility index (Phi) is 4.19. The summed E-state index contributed by atoms with van der Waals surface area (Å²) in [6, 6.07) is 7.61. The van der Waals surface area contributed by atoms with Crippen LogP contribution in [0.15, 0.2) is 24.3 Å². The van der Waals surface area contributed by atoms with Gasteiger partial charge in [0.05, 0.1) is 0 Å².